The molecule has 3 rings (SSSR count). The number of rotatable bonds is 12. The van der Waals surface area contributed by atoms with Crippen LogP contribution in [0.5, 0.6) is 11.5 Å². The predicted octanol–water partition coefficient (Wildman–Crippen LogP) is 3.45. The fourth-order valence-electron chi connectivity index (χ4n) is 3.79. The number of ether oxygens (including phenoxy) is 3. The number of aliphatic hydroxyl groups excluding tert-OH is 2. The summed E-state index contributed by atoms with van der Waals surface area (Å²) in [4.78, 5) is 12.1. The summed E-state index contributed by atoms with van der Waals surface area (Å²) in [5.41, 5.74) is 0.668. The number of methoxy groups -OCH3 is 2. The molecule has 7 heteroatoms. The Labute approximate surface area is 211 Å². The van der Waals surface area contributed by atoms with Gasteiger partial charge in [-0.2, -0.15) is 0 Å². The average molecular weight is 495 g/mol. The molecule has 3 aromatic rings. The first-order valence-electron chi connectivity index (χ1n) is 11.8. The lowest BCUT2D eigenvalue weighted by molar-refractivity contribution is -0.148. The molecule has 0 fully saturated rings. The molecule has 36 heavy (non-hydrogen) atoms. The molecule has 3 N–H and O–H groups in total. The van der Waals surface area contributed by atoms with E-state index in [2.05, 4.69) is 0 Å². The quantitative estimate of drug-likeness (QED) is 0.262. The van der Waals surface area contributed by atoms with Gasteiger partial charge < -0.3 is 29.5 Å². The summed E-state index contributed by atoms with van der Waals surface area (Å²) in [6, 6.07) is 22.0. The maximum Gasteiger partial charge on any atom is 0.306 e. The SMILES string of the molecule is COc1ccc(C(O)(c2ccc(CCC(=O)OCC(C)(CO)CO)cc2)c2ccc(OC)cc2)cc1. The van der Waals surface area contributed by atoms with E-state index < -0.39 is 17.0 Å². The minimum Gasteiger partial charge on any atom is -0.497 e. The number of hydrogen-bond donors (Lipinski definition) is 3. The van der Waals surface area contributed by atoms with Crippen molar-refractivity contribution in [1.82, 2.24) is 0 Å². The Hall–Kier alpha value is -3.39. The summed E-state index contributed by atoms with van der Waals surface area (Å²) in [7, 11) is 3.19. The number of benzene rings is 3. The Morgan fingerprint density at radius 3 is 1.56 bits per heavy atom. The van der Waals surface area contributed by atoms with Crippen LogP contribution in [0.4, 0.5) is 0 Å². The minimum absolute atomic E-state index is 0.0471. The maximum absolute atomic E-state index is 12.1. The van der Waals surface area contributed by atoms with E-state index in [1.165, 1.54) is 0 Å². The highest BCUT2D eigenvalue weighted by Gasteiger charge is 2.34. The van der Waals surface area contributed by atoms with Crippen LogP contribution in [0.2, 0.25) is 0 Å². The van der Waals surface area contributed by atoms with E-state index in [1.807, 2.05) is 72.8 Å². The normalized spacial score (nSPS) is 11.7. The average Bonchev–Trinajstić information content (AvgIpc) is 2.94. The second-order valence-corrected chi connectivity index (χ2v) is 9.15. The first-order valence-corrected chi connectivity index (χ1v) is 11.8. The Morgan fingerprint density at radius 2 is 1.17 bits per heavy atom. The van der Waals surface area contributed by atoms with Gasteiger partial charge in [-0.3, -0.25) is 4.79 Å². The van der Waals surface area contributed by atoms with Gasteiger partial charge in [0.1, 0.15) is 23.7 Å². The number of hydrogen-bond acceptors (Lipinski definition) is 7. The molecule has 0 aliphatic heterocycles. The van der Waals surface area contributed by atoms with E-state index in [0.717, 1.165) is 5.56 Å². The zero-order valence-electron chi connectivity index (χ0n) is 20.9. The van der Waals surface area contributed by atoms with Crippen molar-refractivity contribution in [1.29, 1.82) is 0 Å². The van der Waals surface area contributed by atoms with Crippen molar-refractivity contribution < 1.29 is 34.3 Å². The van der Waals surface area contributed by atoms with Crippen molar-refractivity contribution in [3.8, 4) is 11.5 Å². The third-order valence-electron chi connectivity index (χ3n) is 6.35. The standard InChI is InChI=1S/C29H34O7/c1-28(18-30,19-31)20-36-27(32)17-6-21-4-7-22(8-5-21)29(33,23-9-13-25(34-2)14-10-23)24-11-15-26(35-3)16-12-24/h4-5,7-16,30-31,33H,6,17-20H2,1-3H3. The topological polar surface area (TPSA) is 105 Å². The number of esters is 1. The highest BCUT2D eigenvalue weighted by molar-refractivity contribution is 5.69. The molecule has 0 aromatic heterocycles. The molecular formula is C29H34O7. The fraction of sp³-hybridized carbons (Fsp3) is 0.345. The van der Waals surface area contributed by atoms with E-state index in [4.69, 9.17) is 14.2 Å². The smallest absolute Gasteiger partial charge is 0.306 e. The molecule has 0 atom stereocenters. The Balaban J connectivity index is 1.80. The van der Waals surface area contributed by atoms with E-state index in [0.29, 0.717) is 34.6 Å². The molecule has 0 spiro atoms. The van der Waals surface area contributed by atoms with Crippen LogP contribution in [0, 0.1) is 5.41 Å². The van der Waals surface area contributed by atoms with Crippen LogP contribution in [0.1, 0.15) is 35.6 Å². The molecule has 0 aliphatic rings. The summed E-state index contributed by atoms with van der Waals surface area (Å²) in [5, 5.41) is 30.7. The van der Waals surface area contributed by atoms with Gasteiger partial charge >= 0.3 is 5.97 Å². The van der Waals surface area contributed by atoms with Crippen molar-refractivity contribution in [2.24, 2.45) is 5.41 Å². The lowest BCUT2D eigenvalue weighted by Crippen LogP contribution is -2.32. The van der Waals surface area contributed by atoms with Gasteiger partial charge in [-0.25, -0.2) is 0 Å². The van der Waals surface area contributed by atoms with Crippen LogP contribution < -0.4 is 9.47 Å². The Kier molecular flexibility index (Phi) is 9.09. The Morgan fingerprint density at radius 1 is 0.750 bits per heavy atom. The molecule has 0 unspecified atom stereocenters. The lowest BCUT2D eigenvalue weighted by Gasteiger charge is -2.30. The van der Waals surface area contributed by atoms with Gasteiger partial charge in [0.05, 0.1) is 27.4 Å². The highest BCUT2D eigenvalue weighted by atomic mass is 16.5. The number of aryl methyl sites for hydroxylation is 1. The molecule has 0 bridgehead atoms. The third-order valence-corrected chi connectivity index (χ3v) is 6.35. The molecule has 0 radical (unpaired) electrons. The van der Waals surface area contributed by atoms with E-state index >= 15 is 0 Å². The van der Waals surface area contributed by atoms with E-state index in [9.17, 15) is 20.1 Å². The third kappa shape index (κ3) is 6.23. The molecule has 0 aliphatic carbocycles. The number of aliphatic hydroxyl groups is 3. The zero-order valence-corrected chi connectivity index (χ0v) is 20.9. The largest absolute Gasteiger partial charge is 0.497 e. The molecule has 3 aromatic carbocycles. The molecular weight excluding hydrogens is 460 g/mol. The summed E-state index contributed by atoms with van der Waals surface area (Å²) in [6.07, 6.45) is 0.616. The van der Waals surface area contributed by atoms with Crippen molar-refractivity contribution in [3.63, 3.8) is 0 Å². The molecule has 0 saturated carbocycles. The molecule has 7 nitrogen and oxygen atoms in total. The Bertz CT molecular complexity index is 1050. The number of carbonyl (C=O) groups is 1. The number of carbonyl (C=O) groups excluding carboxylic acids is 1. The van der Waals surface area contributed by atoms with Gasteiger partial charge in [0, 0.05) is 11.8 Å². The lowest BCUT2D eigenvalue weighted by atomic mass is 9.80. The zero-order chi connectivity index (χ0) is 26.2. The molecule has 0 saturated heterocycles. The van der Waals surface area contributed by atoms with Crippen molar-refractivity contribution in [2.45, 2.75) is 25.4 Å². The van der Waals surface area contributed by atoms with Gasteiger partial charge in [-0.1, -0.05) is 55.5 Å². The van der Waals surface area contributed by atoms with Gasteiger partial charge in [-0.05, 0) is 52.9 Å². The summed E-state index contributed by atoms with van der Waals surface area (Å²) < 4.78 is 15.8. The first-order chi connectivity index (χ1) is 17.3. The van der Waals surface area contributed by atoms with Crippen molar-refractivity contribution >= 4 is 5.97 Å². The minimum atomic E-state index is -1.42. The van der Waals surface area contributed by atoms with Crippen LogP contribution in [-0.2, 0) is 21.6 Å². The van der Waals surface area contributed by atoms with Gasteiger partial charge in [0.2, 0.25) is 0 Å². The molecule has 192 valence electrons. The van der Waals surface area contributed by atoms with Crippen LogP contribution in [0.3, 0.4) is 0 Å². The van der Waals surface area contributed by atoms with Gasteiger partial charge in [-0.15, -0.1) is 0 Å². The van der Waals surface area contributed by atoms with Crippen LogP contribution in [0.25, 0.3) is 0 Å². The summed E-state index contributed by atoms with van der Waals surface area (Å²) in [6.45, 7) is 1.05. The maximum atomic E-state index is 12.1. The summed E-state index contributed by atoms with van der Waals surface area (Å²) >= 11 is 0. The van der Waals surface area contributed by atoms with Gasteiger partial charge in [0.15, 0.2) is 0 Å². The molecule has 0 heterocycles. The highest BCUT2D eigenvalue weighted by Crippen LogP contribution is 2.38. The van der Waals surface area contributed by atoms with Crippen molar-refractivity contribution in [3.05, 3.63) is 95.1 Å². The van der Waals surface area contributed by atoms with E-state index in [1.54, 1.807) is 21.1 Å². The van der Waals surface area contributed by atoms with Crippen molar-refractivity contribution in [2.75, 3.05) is 34.0 Å². The fourth-order valence-corrected chi connectivity index (χ4v) is 3.79. The van der Waals surface area contributed by atoms with Gasteiger partial charge in [0.25, 0.3) is 0 Å². The van der Waals surface area contributed by atoms with Crippen LogP contribution in [0.15, 0.2) is 72.8 Å². The van der Waals surface area contributed by atoms with Crippen LogP contribution in [-0.4, -0.2) is 55.3 Å². The summed E-state index contributed by atoms with van der Waals surface area (Å²) in [5.74, 6) is 0.980. The monoisotopic (exact) mass is 494 g/mol. The van der Waals surface area contributed by atoms with E-state index in [-0.39, 0.29) is 26.2 Å². The second kappa shape index (κ2) is 12.0. The first kappa shape index (κ1) is 27.2. The van der Waals surface area contributed by atoms with Crippen LogP contribution >= 0.6 is 0 Å². The predicted molar refractivity (Wildman–Crippen MR) is 136 cm³/mol. The second-order valence-electron chi connectivity index (χ2n) is 9.15. The molecule has 0 amide bonds.